The molecule has 0 bridgehead atoms. The topological polar surface area (TPSA) is 110 Å². The molecule has 0 unspecified atom stereocenters. The number of nitrogens with one attached hydrogen (secondary N) is 1. The first-order valence-electron chi connectivity index (χ1n) is 11.7. The number of halogens is 4. The molecule has 0 saturated heterocycles. The summed E-state index contributed by atoms with van der Waals surface area (Å²) in [5.74, 6) is -1.21. The van der Waals surface area contributed by atoms with Crippen LogP contribution in [0.2, 0.25) is 0 Å². The summed E-state index contributed by atoms with van der Waals surface area (Å²) >= 11 is 0. The van der Waals surface area contributed by atoms with Crippen molar-refractivity contribution in [1.29, 1.82) is 0 Å². The van der Waals surface area contributed by atoms with E-state index in [-0.39, 0.29) is 17.7 Å². The molecule has 0 atom stereocenters. The number of alkyl halides is 2. The molecular formula is C26H25F4N5O3S. The molecule has 39 heavy (non-hydrogen) atoms. The first-order chi connectivity index (χ1) is 18.6. The number of nitrogens with zero attached hydrogens (tertiary/aromatic N) is 3. The van der Waals surface area contributed by atoms with Gasteiger partial charge in [-0.3, -0.25) is 0 Å². The molecule has 2 aromatic carbocycles. The number of benzene rings is 2. The smallest absolute Gasteiger partial charge is 0.277 e. The third kappa shape index (κ3) is 6.61. The van der Waals surface area contributed by atoms with Crippen LogP contribution in [-0.2, 0) is 10.2 Å². The molecular weight excluding hydrogens is 538 g/mol. The van der Waals surface area contributed by atoms with Gasteiger partial charge in [0.2, 0.25) is 0 Å². The first kappa shape index (κ1) is 28.2. The number of hydrogen-bond acceptors (Lipinski definition) is 6. The van der Waals surface area contributed by atoms with Crippen LogP contribution in [0.5, 0.6) is 5.75 Å². The van der Waals surface area contributed by atoms with Gasteiger partial charge in [0.1, 0.15) is 17.4 Å². The summed E-state index contributed by atoms with van der Waals surface area (Å²) in [6.45, 7) is 1.38. The molecule has 0 spiro atoms. The van der Waals surface area contributed by atoms with Gasteiger partial charge in [0.15, 0.2) is 0 Å². The van der Waals surface area contributed by atoms with Crippen molar-refractivity contribution in [3.63, 3.8) is 0 Å². The fraction of sp³-hybridized carbons (Fsp3) is 0.231. The Bertz CT molecular complexity index is 1520. The highest BCUT2D eigenvalue weighted by Gasteiger charge is 2.29. The average molecular weight is 564 g/mol. The zero-order valence-electron chi connectivity index (χ0n) is 20.7. The summed E-state index contributed by atoms with van der Waals surface area (Å²) in [7, 11) is -2.26. The normalized spacial score (nSPS) is 15.6. The van der Waals surface area contributed by atoms with Crippen molar-refractivity contribution in [2.24, 2.45) is 5.14 Å². The van der Waals surface area contributed by atoms with Gasteiger partial charge in [-0.25, -0.2) is 22.7 Å². The fourth-order valence-corrected chi connectivity index (χ4v) is 4.89. The SMILES string of the molecule is COc1ccc(F)c(-c2ccc(F)c(C(F)F)c2)c1.NS(=O)(=O)N1CCC2=C(C1)C(c1cccnn1)=CCN2. The highest BCUT2D eigenvalue weighted by Crippen LogP contribution is 2.32. The summed E-state index contributed by atoms with van der Waals surface area (Å²) in [6, 6.07) is 10.7. The Labute approximate surface area is 223 Å². The predicted octanol–water partition coefficient (Wildman–Crippen LogP) is 4.20. The van der Waals surface area contributed by atoms with Gasteiger partial charge in [-0.1, -0.05) is 12.1 Å². The van der Waals surface area contributed by atoms with Crippen LogP contribution in [0.3, 0.4) is 0 Å². The van der Waals surface area contributed by atoms with Gasteiger partial charge in [0, 0.05) is 49.1 Å². The Hall–Kier alpha value is -3.81. The molecule has 206 valence electrons. The van der Waals surface area contributed by atoms with E-state index in [1.54, 1.807) is 6.20 Å². The van der Waals surface area contributed by atoms with Crippen molar-refractivity contribution in [2.45, 2.75) is 12.8 Å². The molecule has 0 fully saturated rings. The predicted molar refractivity (Wildman–Crippen MR) is 138 cm³/mol. The minimum absolute atomic E-state index is 0.0845. The molecule has 13 heteroatoms. The second-order valence-corrected chi connectivity index (χ2v) is 10.1. The fourth-order valence-electron chi connectivity index (χ4n) is 4.23. The van der Waals surface area contributed by atoms with E-state index in [9.17, 15) is 26.0 Å². The van der Waals surface area contributed by atoms with Crippen LogP contribution in [0, 0.1) is 11.6 Å². The van der Waals surface area contributed by atoms with Crippen LogP contribution in [0.15, 0.2) is 72.1 Å². The van der Waals surface area contributed by atoms with E-state index in [0.717, 1.165) is 34.7 Å². The maximum atomic E-state index is 13.7. The number of ether oxygens (including phenoxy) is 1. The Balaban J connectivity index is 0.000000181. The molecule has 0 aliphatic carbocycles. The zero-order chi connectivity index (χ0) is 28.2. The van der Waals surface area contributed by atoms with Crippen molar-refractivity contribution >= 4 is 15.8 Å². The molecule has 2 aliphatic heterocycles. The molecule has 3 aromatic rings. The van der Waals surface area contributed by atoms with E-state index in [4.69, 9.17) is 9.88 Å². The van der Waals surface area contributed by atoms with Gasteiger partial charge in [-0.2, -0.15) is 22.9 Å². The molecule has 2 aliphatic rings. The highest BCUT2D eigenvalue weighted by molar-refractivity contribution is 7.86. The number of hydrogen-bond donors (Lipinski definition) is 2. The van der Waals surface area contributed by atoms with E-state index in [2.05, 4.69) is 15.5 Å². The van der Waals surface area contributed by atoms with Gasteiger partial charge in [0.05, 0.1) is 18.4 Å². The number of aromatic nitrogens is 2. The lowest BCUT2D eigenvalue weighted by molar-refractivity contribution is 0.146. The number of rotatable bonds is 5. The van der Waals surface area contributed by atoms with Gasteiger partial charge in [0.25, 0.3) is 16.6 Å². The van der Waals surface area contributed by atoms with Crippen LogP contribution in [0.1, 0.15) is 24.1 Å². The van der Waals surface area contributed by atoms with Gasteiger partial charge in [-0.05, 0) is 53.6 Å². The van der Waals surface area contributed by atoms with Gasteiger partial charge < -0.3 is 10.1 Å². The van der Waals surface area contributed by atoms with E-state index in [1.165, 1.54) is 35.7 Å². The number of dihydropyridines is 1. The maximum absolute atomic E-state index is 13.7. The van der Waals surface area contributed by atoms with Crippen molar-refractivity contribution in [2.75, 3.05) is 26.7 Å². The molecule has 3 N–H and O–H groups in total. The largest absolute Gasteiger partial charge is 0.497 e. The molecule has 0 amide bonds. The average Bonchev–Trinajstić information content (AvgIpc) is 2.93. The van der Waals surface area contributed by atoms with Crippen LogP contribution < -0.4 is 15.2 Å². The summed E-state index contributed by atoms with van der Waals surface area (Å²) in [5, 5.41) is 16.5. The van der Waals surface area contributed by atoms with Crippen molar-refractivity contribution in [1.82, 2.24) is 19.8 Å². The first-order valence-corrected chi connectivity index (χ1v) is 13.2. The third-order valence-electron chi connectivity index (χ3n) is 6.18. The van der Waals surface area contributed by atoms with Gasteiger partial charge >= 0.3 is 0 Å². The van der Waals surface area contributed by atoms with Crippen molar-refractivity contribution in [3.8, 4) is 16.9 Å². The minimum atomic E-state index is -3.67. The molecule has 1 aromatic heterocycles. The van der Waals surface area contributed by atoms with Crippen molar-refractivity contribution < 1.29 is 30.7 Å². The Morgan fingerprint density at radius 1 is 1.10 bits per heavy atom. The van der Waals surface area contributed by atoms with Crippen LogP contribution >= 0.6 is 0 Å². The third-order valence-corrected chi connectivity index (χ3v) is 7.21. The highest BCUT2D eigenvalue weighted by atomic mass is 32.2. The number of nitrogens with two attached hydrogens (primary N) is 1. The second kappa shape index (κ2) is 11.9. The molecule has 5 rings (SSSR count). The maximum Gasteiger partial charge on any atom is 0.277 e. The molecule has 0 radical (unpaired) electrons. The Morgan fingerprint density at radius 2 is 1.87 bits per heavy atom. The quantitative estimate of drug-likeness (QED) is 0.451. The van der Waals surface area contributed by atoms with E-state index < -0.39 is 33.8 Å². The lowest BCUT2D eigenvalue weighted by atomic mass is 9.94. The molecule has 3 heterocycles. The Morgan fingerprint density at radius 3 is 2.54 bits per heavy atom. The van der Waals surface area contributed by atoms with E-state index in [1.807, 2.05) is 18.2 Å². The number of methoxy groups -OCH3 is 1. The van der Waals surface area contributed by atoms with E-state index in [0.29, 0.717) is 25.3 Å². The van der Waals surface area contributed by atoms with Crippen LogP contribution in [0.25, 0.3) is 16.7 Å². The van der Waals surface area contributed by atoms with Crippen LogP contribution in [-0.4, -0.2) is 49.7 Å². The summed E-state index contributed by atoms with van der Waals surface area (Å²) < 4.78 is 81.4. The Kier molecular flexibility index (Phi) is 8.63. The van der Waals surface area contributed by atoms with Crippen molar-refractivity contribution in [3.05, 3.63) is 95.0 Å². The summed E-state index contributed by atoms with van der Waals surface area (Å²) in [5.41, 5.74) is 3.18. The lowest BCUT2D eigenvalue weighted by Gasteiger charge is -2.32. The lowest BCUT2D eigenvalue weighted by Crippen LogP contribution is -2.43. The van der Waals surface area contributed by atoms with Crippen LogP contribution in [0.4, 0.5) is 17.6 Å². The summed E-state index contributed by atoms with van der Waals surface area (Å²) in [6.07, 6.45) is 1.28. The monoisotopic (exact) mass is 563 g/mol. The minimum Gasteiger partial charge on any atom is -0.497 e. The van der Waals surface area contributed by atoms with Gasteiger partial charge in [-0.15, -0.1) is 0 Å². The summed E-state index contributed by atoms with van der Waals surface area (Å²) in [4.78, 5) is 0. The second-order valence-electron chi connectivity index (χ2n) is 8.58. The standard InChI is InChI=1S/C14H10F4O.C12H15N5O2S/c1-19-9-3-5-12(15)10(7-9)8-2-4-13(16)11(6-8)14(17)18;13-20(18,19)17-7-4-11-10(8-17)9(3-6-14-11)12-2-1-5-15-16-12/h2-7,14H,1H3;1-3,5,14H,4,6-8H2,(H2,13,18,19). The molecule has 0 saturated carbocycles. The van der Waals surface area contributed by atoms with E-state index >= 15 is 0 Å². The molecule has 8 nitrogen and oxygen atoms in total. The zero-order valence-corrected chi connectivity index (χ0v) is 21.6.